The number of hydrogen-bond donors (Lipinski definition) is 2. The van der Waals surface area contributed by atoms with Gasteiger partial charge in [0.15, 0.2) is 0 Å². The third-order valence-electron chi connectivity index (χ3n) is 2.74. The van der Waals surface area contributed by atoms with Gasteiger partial charge in [-0.15, -0.1) is 0 Å². The maximum absolute atomic E-state index is 11.5. The SMILES string of the molecule is CCCC(O)CNC(=O)/C=C/c1ccccc1C. The summed E-state index contributed by atoms with van der Waals surface area (Å²) in [5.74, 6) is -0.173. The van der Waals surface area contributed by atoms with Gasteiger partial charge >= 0.3 is 0 Å². The van der Waals surface area contributed by atoms with Crippen molar-refractivity contribution in [2.45, 2.75) is 32.8 Å². The maximum atomic E-state index is 11.5. The molecule has 0 aliphatic heterocycles. The van der Waals surface area contributed by atoms with E-state index in [1.54, 1.807) is 6.08 Å². The van der Waals surface area contributed by atoms with E-state index in [9.17, 15) is 9.90 Å². The zero-order valence-electron chi connectivity index (χ0n) is 11.0. The van der Waals surface area contributed by atoms with Crippen molar-refractivity contribution in [3.63, 3.8) is 0 Å². The highest BCUT2D eigenvalue weighted by molar-refractivity contribution is 5.91. The van der Waals surface area contributed by atoms with Crippen LogP contribution in [0.3, 0.4) is 0 Å². The summed E-state index contributed by atoms with van der Waals surface area (Å²) in [6.07, 6.45) is 4.46. The molecule has 1 aromatic carbocycles. The molecule has 2 N–H and O–H groups in total. The summed E-state index contributed by atoms with van der Waals surface area (Å²) in [7, 11) is 0. The predicted molar refractivity (Wildman–Crippen MR) is 74.1 cm³/mol. The van der Waals surface area contributed by atoms with Crippen molar-refractivity contribution < 1.29 is 9.90 Å². The Morgan fingerprint density at radius 3 is 2.83 bits per heavy atom. The molecule has 1 rings (SSSR count). The molecule has 0 aliphatic rings. The molecule has 0 aromatic heterocycles. The number of aliphatic hydroxyl groups excluding tert-OH is 1. The van der Waals surface area contributed by atoms with Gasteiger partial charge in [0, 0.05) is 12.6 Å². The van der Waals surface area contributed by atoms with Gasteiger partial charge in [-0.05, 0) is 30.5 Å². The summed E-state index contributed by atoms with van der Waals surface area (Å²) in [5.41, 5.74) is 2.16. The first-order valence-electron chi connectivity index (χ1n) is 6.33. The number of rotatable bonds is 6. The standard InChI is InChI=1S/C15H21NO2/c1-3-6-14(17)11-16-15(18)10-9-13-8-5-4-7-12(13)2/h4-5,7-10,14,17H,3,6,11H2,1-2H3,(H,16,18)/b10-9+. The van der Waals surface area contributed by atoms with Crippen LogP contribution in [0.2, 0.25) is 0 Å². The third-order valence-corrected chi connectivity index (χ3v) is 2.74. The lowest BCUT2D eigenvalue weighted by Gasteiger charge is -2.08. The lowest BCUT2D eigenvalue weighted by Crippen LogP contribution is -2.30. The number of nitrogens with one attached hydrogen (secondary N) is 1. The molecule has 98 valence electrons. The highest BCUT2D eigenvalue weighted by Gasteiger charge is 2.03. The number of amides is 1. The molecule has 0 saturated heterocycles. The first-order valence-corrected chi connectivity index (χ1v) is 6.33. The Morgan fingerprint density at radius 1 is 1.44 bits per heavy atom. The van der Waals surface area contributed by atoms with Crippen molar-refractivity contribution in [3.05, 3.63) is 41.5 Å². The van der Waals surface area contributed by atoms with Crippen LogP contribution in [0.1, 0.15) is 30.9 Å². The number of carbonyl (C=O) groups excluding carboxylic acids is 1. The van der Waals surface area contributed by atoms with E-state index in [1.807, 2.05) is 38.1 Å². The number of hydrogen-bond acceptors (Lipinski definition) is 2. The lowest BCUT2D eigenvalue weighted by atomic mass is 10.1. The monoisotopic (exact) mass is 247 g/mol. The summed E-state index contributed by atoms with van der Waals surface area (Å²) >= 11 is 0. The van der Waals surface area contributed by atoms with Gasteiger partial charge in [0.1, 0.15) is 0 Å². The Kier molecular flexibility index (Phi) is 6.15. The minimum absolute atomic E-state index is 0.173. The number of aryl methyl sites for hydroxylation is 1. The summed E-state index contributed by atoms with van der Waals surface area (Å²) in [6.45, 7) is 4.32. The van der Waals surface area contributed by atoms with Crippen LogP contribution in [0.15, 0.2) is 30.3 Å². The second-order valence-corrected chi connectivity index (χ2v) is 4.38. The molecule has 0 heterocycles. The van der Waals surface area contributed by atoms with E-state index in [1.165, 1.54) is 6.08 Å². The lowest BCUT2D eigenvalue weighted by molar-refractivity contribution is -0.116. The zero-order valence-corrected chi connectivity index (χ0v) is 11.0. The maximum Gasteiger partial charge on any atom is 0.244 e. The molecular weight excluding hydrogens is 226 g/mol. The Bertz CT molecular complexity index is 413. The minimum Gasteiger partial charge on any atom is -0.391 e. The van der Waals surface area contributed by atoms with Gasteiger partial charge < -0.3 is 10.4 Å². The summed E-state index contributed by atoms with van der Waals surface area (Å²) in [5, 5.41) is 12.2. The molecule has 0 saturated carbocycles. The normalized spacial score (nSPS) is 12.6. The topological polar surface area (TPSA) is 49.3 Å². The predicted octanol–water partition coefficient (Wildman–Crippen LogP) is 2.29. The van der Waals surface area contributed by atoms with Crippen molar-refractivity contribution >= 4 is 12.0 Å². The molecule has 1 amide bonds. The zero-order chi connectivity index (χ0) is 13.4. The number of benzene rings is 1. The summed E-state index contributed by atoms with van der Waals surface area (Å²) < 4.78 is 0. The van der Waals surface area contributed by atoms with Crippen molar-refractivity contribution in [3.8, 4) is 0 Å². The first kappa shape index (κ1) is 14.5. The summed E-state index contributed by atoms with van der Waals surface area (Å²) in [6, 6.07) is 7.87. The van der Waals surface area contributed by atoms with Crippen LogP contribution in [-0.4, -0.2) is 23.7 Å². The fourth-order valence-corrected chi connectivity index (χ4v) is 1.65. The van der Waals surface area contributed by atoms with Crippen LogP contribution < -0.4 is 5.32 Å². The average Bonchev–Trinajstić information content (AvgIpc) is 2.36. The van der Waals surface area contributed by atoms with E-state index >= 15 is 0 Å². The van der Waals surface area contributed by atoms with Gasteiger partial charge in [0.2, 0.25) is 5.91 Å². The molecule has 3 heteroatoms. The third kappa shape index (κ3) is 5.15. The fourth-order valence-electron chi connectivity index (χ4n) is 1.65. The van der Waals surface area contributed by atoms with Gasteiger partial charge in [-0.3, -0.25) is 4.79 Å². The Morgan fingerprint density at radius 2 is 2.17 bits per heavy atom. The number of aliphatic hydroxyl groups is 1. The van der Waals surface area contributed by atoms with E-state index in [4.69, 9.17) is 0 Å². The van der Waals surface area contributed by atoms with Crippen LogP contribution in [-0.2, 0) is 4.79 Å². The van der Waals surface area contributed by atoms with E-state index in [2.05, 4.69) is 5.32 Å². The van der Waals surface area contributed by atoms with Crippen molar-refractivity contribution in [2.75, 3.05) is 6.54 Å². The Labute approximate surface area is 109 Å². The van der Waals surface area contributed by atoms with Crippen molar-refractivity contribution in [1.82, 2.24) is 5.32 Å². The molecule has 18 heavy (non-hydrogen) atoms. The molecule has 1 aromatic rings. The molecule has 0 spiro atoms. The highest BCUT2D eigenvalue weighted by atomic mass is 16.3. The molecule has 1 unspecified atom stereocenters. The highest BCUT2D eigenvalue weighted by Crippen LogP contribution is 2.08. The van der Waals surface area contributed by atoms with E-state index in [0.717, 1.165) is 17.5 Å². The molecule has 0 radical (unpaired) electrons. The van der Waals surface area contributed by atoms with Gasteiger partial charge in [0.25, 0.3) is 0 Å². The van der Waals surface area contributed by atoms with E-state index in [0.29, 0.717) is 13.0 Å². The molecule has 0 aliphatic carbocycles. The number of carbonyl (C=O) groups is 1. The van der Waals surface area contributed by atoms with Crippen molar-refractivity contribution in [2.24, 2.45) is 0 Å². The summed E-state index contributed by atoms with van der Waals surface area (Å²) in [4.78, 5) is 11.5. The molecule has 1 atom stereocenters. The Hall–Kier alpha value is -1.61. The molecule has 3 nitrogen and oxygen atoms in total. The quantitative estimate of drug-likeness (QED) is 0.758. The van der Waals surface area contributed by atoms with Crippen LogP contribution in [0.4, 0.5) is 0 Å². The fraction of sp³-hybridized carbons (Fsp3) is 0.400. The van der Waals surface area contributed by atoms with Gasteiger partial charge in [-0.1, -0.05) is 37.6 Å². The van der Waals surface area contributed by atoms with Crippen LogP contribution in [0.25, 0.3) is 6.08 Å². The average molecular weight is 247 g/mol. The molecule has 0 bridgehead atoms. The second-order valence-electron chi connectivity index (χ2n) is 4.38. The van der Waals surface area contributed by atoms with Crippen LogP contribution in [0.5, 0.6) is 0 Å². The largest absolute Gasteiger partial charge is 0.391 e. The van der Waals surface area contributed by atoms with E-state index in [-0.39, 0.29) is 5.91 Å². The second kappa shape index (κ2) is 7.67. The van der Waals surface area contributed by atoms with Crippen LogP contribution in [0, 0.1) is 6.92 Å². The van der Waals surface area contributed by atoms with Crippen molar-refractivity contribution in [1.29, 1.82) is 0 Å². The Balaban J connectivity index is 2.43. The smallest absolute Gasteiger partial charge is 0.244 e. The van der Waals surface area contributed by atoms with Gasteiger partial charge in [0.05, 0.1) is 6.10 Å². The molecule has 0 fully saturated rings. The first-order chi connectivity index (χ1) is 8.63. The minimum atomic E-state index is -0.453. The van der Waals surface area contributed by atoms with Gasteiger partial charge in [-0.25, -0.2) is 0 Å². The van der Waals surface area contributed by atoms with E-state index < -0.39 is 6.10 Å². The van der Waals surface area contributed by atoms with Crippen LogP contribution >= 0.6 is 0 Å². The van der Waals surface area contributed by atoms with Gasteiger partial charge in [-0.2, -0.15) is 0 Å². The molecular formula is C15H21NO2.